The number of hydrogen-bond donors (Lipinski definition) is 0. The molecule has 2 unspecified atom stereocenters. The lowest BCUT2D eigenvalue weighted by atomic mass is 9.66. The third kappa shape index (κ3) is 3.30. The Morgan fingerprint density at radius 3 is 2.52 bits per heavy atom. The molecule has 0 spiro atoms. The Morgan fingerprint density at radius 2 is 1.83 bits per heavy atom. The van der Waals surface area contributed by atoms with E-state index in [1.807, 2.05) is 18.2 Å². The van der Waals surface area contributed by atoms with Gasteiger partial charge in [-0.2, -0.15) is 0 Å². The van der Waals surface area contributed by atoms with Gasteiger partial charge in [-0.1, -0.05) is 49.6 Å². The van der Waals surface area contributed by atoms with Gasteiger partial charge in [0.05, 0.1) is 25.2 Å². The highest BCUT2D eigenvalue weighted by Gasteiger charge is 2.55. The first kappa shape index (κ1) is 16.5. The number of ether oxygens (including phenoxy) is 2. The molecule has 0 heterocycles. The molecule has 0 aliphatic heterocycles. The van der Waals surface area contributed by atoms with E-state index in [1.165, 1.54) is 31.9 Å². The summed E-state index contributed by atoms with van der Waals surface area (Å²) in [4.78, 5) is 12.8. The van der Waals surface area contributed by atoms with Crippen molar-refractivity contribution in [3.05, 3.63) is 35.9 Å². The van der Waals surface area contributed by atoms with Crippen LogP contribution in [0.5, 0.6) is 0 Å². The van der Waals surface area contributed by atoms with Gasteiger partial charge in [-0.15, -0.1) is 0 Å². The van der Waals surface area contributed by atoms with E-state index in [9.17, 15) is 4.79 Å². The normalized spacial score (nSPS) is 28.7. The number of carbonyl (C=O) groups excluding carboxylic acids is 1. The van der Waals surface area contributed by atoms with Gasteiger partial charge in [-0.05, 0) is 43.6 Å². The van der Waals surface area contributed by atoms with E-state index in [2.05, 4.69) is 12.1 Å². The second-order valence-corrected chi connectivity index (χ2v) is 7.04. The molecular formula is C20H28O3. The van der Waals surface area contributed by atoms with E-state index in [4.69, 9.17) is 9.47 Å². The van der Waals surface area contributed by atoms with E-state index in [-0.39, 0.29) is 12.1 Å². The molecule has 0 aromatic heterocycles. The van der Waals surface area contributed by atoms with E-state index in [0.717, 1.165) is 32.1 Å². The summed E-state index contributed by atoms with van der Waals surface area (Å²) in [5.41, 5.74) is 0.756. The summed E-state index contributed by atoms with van der Waals surface area (Å²) in [6.07, 6.45) is 8.99. The molecule has 0 radical (unpaired) electrons. The lowest BCUT2D eigenvalue weighted by Crippen LogP contribution is -2.47. The van der Waals surface area contributed by atoms with Crippen LogP contribution < -0.4 is 0 Å². The largest absolute Gasteiger partial charge is 0.469 e. The second-order valence-electron chi connectivity index (χ2n) is 7.04. The van der Waals surface area contributed by atoms with Crippen molar-refractivity contribution in [3.63, 3.8) is 0 Å². The number of carbonyl (C=O) groups is 1. The highest BCUT2D eigenvalue weighted by Crippen LogP contribution is 2.52. The van der Waals surface area contributed by atoms with Crippen molar-refractivity contribution >= 4 is 5.97 Å². The second kappa shape index (κ2) is 7.48. The summed E-state index contributed by atoms with van der Waals surface area (Å²) in [5.74, 6) is 0.381. The minimum Gasteiger partial charge on any atom is -0.469 e. The van der Waals surface area contributed by atoms with Crippen molar-refractivity contribution in [1.29, 1.82) is 0 Å². The Labute approximate surface area is 139 Å². The number of esters is 1. The van der Waals surface area contributed by atoms with Crippen molar-refractivity contribution < 1.29 is 14.3 Å². The summed E-state index contributed by atoms with van der Waals surface area (Å²) in [6, 6.07) is 10.2. The molecule has 126 valence electrons. The van der Waals surface area contributed by atoms with Crippen LogP contribution in [0.1, 0.15) is 56.9 Å². The van der Waals surface area contributed by atoms with Crippen LogP contribution in [0.3, 0.4) is 0 Å². The zero-order valence-corrected chi connectivity index (χ0v) is 14.1. The van der Waals surface area contributed by atoms with Gasteiger partial charge in [0.15, 0.2) is 0 Å². The zero-order chi connectivity index (χ0) is 16.1. The van der Waals surface area contributed by atoms with Crippen molar-refractivity contribution in [2.45, 2.75) is 64.1 Å². The fraction of sp³-hybridized carbons (Fsp3) is 0.650. The van der Waals surface area contributed by atoms with Crippen LogP contribution in [0.2, 0.25) is 0 Å². The minimum absolute atomic E-state index is 0.00161. The number of benzene rings is 1. The van der Waals surface area contributed by atoms with Gasteiger partial charge in [0.2, 0.25) is 0 Å². The maximum atomic E-state index is 12.8. The average molecular weight is 316 g/mol. The molecule has 3 rings (SSSR count). The SMILES string of the molecule is COC(=O)C1(C2CCCCC2)CCCC1OCc1ccccc1. The summed E-state index contributed by atoms with van der Waals surface area (Å²) < 4.78 is 11.5. The molecule has 0 N–H and O–H groups in total. The number of hydrogen-bond acceptors (Lipinski definition) is 3. The Balaban J connectivity index is 1.77. The Morgan fingerprint density at radius 1 is 1.09 bits per heavy atom. The summed E-state index contributed by atoms with van der Waals surface area (Å²) >= 11 is 0. The van der Waals surface area contributed by atoms with Gasteiger partial charge in [0.25, 0.3) is 0 Å². The highest BCUT2D eigenvalue weighted by atomic mass is 16.5. The van der Waals surface area contributed by atoms with E-state index in [1.54, 1.807) is 0 Å². The van der Waals surface area contributed by atoms with Crippen molar-refractivity contribution in [2.24, 2.45) is 11.3 Å². The topological polar surface area (TPSA) is 35.5 Å². The van der Waals surface area contributed by atoms with Crippen LogP contribution in [0, 0.1) is 11.3 Å². The molecule has 1 aromatic rings. The maximum Gasteiger partial charge on any atom is 0.314 e. The van der Waals surface area contributed by atoms with Crippen LogP contribution in [-0.2, 0) is 20.9 Å². The molecular weight excluding hydrogens is 288 g/mol. The third-order valence-corrected chi connectivity index (χ3v) is 5.82. The monoisotopic (exact) mass is 316 g/mol. The average Bonchev–Trinajstić information content (AvgIpc) is 3.06. The molecule has 2 aliphatic rings. The maximum absolute atomic E-state index is 12.8. The zero-order valence-electron chi connectivity index (χ0n) is 14.1. The van der Waals surface area contributed by atoms with Gasteiger partial charge >= 0.3 is 5.97 Å². The van der Waals surface area contributed by atoms with Crippen molar-refractivity contribution in [3.8, 4) is 0 Å². The van der Waals surface area contributed by atoms with Crippen LogP contribution >= 0.6 is 0 Å². The van der Waals surface area contributed by atoms with Crippen molar-refractivity contribution in [2.75, 3.05) is 7.11 Å². The third-order valence-electron chi connectivity index (χ3n) is 5.82. The fourth-order valence-electron chi connectivity index (χ4n) is 4.68. The lowest BCUT2D eigenvalue weighted by Gasteiger charge is -2.41. The molecule has 0 bridgehead atoms. The molecule has 1 aromatic carbocycles. The number of methoxy groups -OCH3 is 1. The van der Waals surface area contributed by atoms with Crippen LogP contribution in [0.15, 0.2) is 30.3 Å². The minimum atomic E-state index is -0.413. The van der Waals surface area contributed by atoms with Crippen LogP contribution in [-0.4, -0.2) is 19.2 Å². The first-order valence-electron chi connectivity index (χ1n) is 9.01. The first-order valence-corrected chi connectivity index (χ1v) is 9.01. The van der Waals surface area contributed by atoms with Gasteiger partial charge in [0.1, 0.15) is 0 Å². The Hall–Kier alpha value is -1.35. The molecule has 2 atom stereocenters. The molecule has 2 saturated carbocycles. The van der Waals surface area contributed by atoms with Gasteiger partial charge in [0, 0.05) is 0 Å². The van der Waals surface area contributed by atoms with E-state index < -0.39 is 5.41 Å². The predicted molar refractivity (Wildman–Crippen MR) is 89.9 cm³/mol. The van der Waals surface area contributed by atoms with Gasteiger partial charge < -0.3 is 9.47 Å². The lowest BCUT2D eigenvalue weighted by molar-refractivity contribution is -0.170. The summed E-state index contributed by atoms with van der Waals surface area (Å²) in [7, 11) is 1.53. The summed E-state index contributed by atoms with van der Waals surface area (Å²) in [5, 5.41) is 0. The van der Waals surface area contributed by atoms with Gasteiger partial charge in [-0.3, -0.25) is 4.79 Å². The molecule has 23 heavy (non-hydrogen) atoms. The molecule has 2 aliphatic carbocycles. The molecule has 0 saturated heterocycles. The molecule has 3 nitrogen and oxygen atoms in total. The Bertz CT molecular complexity index is 507. The molecule has 3 heteroatoms. The van der Waals surface area contributed by atoms with Crippen molar-refractivity contribution in [1.82, 2.24) is 0 Å². The summed E-state index contributed by atoms with van der Waals surface area (Å²) in [6.45, 7) is 0.580. The van der Waals surface area contributed by atoms with Gasteiger partial charge in [-0.25, -0.2) is 0 Å². The fourth-order valence-corrected chi connectivity index (χ4v) is 4.68. The van der Waals surface area contributed by atoms with Crippen LogP contribution in [0.25, 0.3) is 0 Å². The Kier molecular flexibility index (Phi) is 5.37. The first-order chi connectivity index (χ1) is 11.3. The van der Waals surface area contributed by atoms with E-state index >= 15 is 0 Å². The standard InChI is InChI=1S/C20H28O3/c1-22-19(21)20(17-11-6-3-7-12-17)14-8-13-18(20)23-15-16-9-4-2-5-10-16/h2,4-5,9-10,17-18H,3,6-8,11-15H2,1H3. The highest BCUT2D eigenvalue weighted by molar-refractivity contribution is 5.78. The molecule has 0 amide bonds. The van der Waals surface area contributed by atoms with Crippen LogP contribution in [0.4, 0.5) is 0 Å². The van der Waals surface area contributed by atoms with E-state index in [0.29, 0.717) is 12.5 Å². The molecule has 2 fully saturated rings. The predicted octanol–water partition coefficient (Wildman–Crippen LogP) is 4.50. The quantitative estimate of drug-likeness (QED) is 0.751. The number of rotatable bonds is 5. The smallest absolute Gasteiger partial charge is 0.314 e.